The first-order valence-corrected chi connectivity index (χ1v) is 9.57. The fourth-order valence-electron chi connectivity index (χ4n) is 2.41. The summed E-state index contributed by atoms with van der Waals surface area (Å²) in [4.78, 5) is 16.4. The highest BCUT2D eigenvalue weighted by atomic mass is 35.5. The predicted molar refractivity (Wildman–Crippen MR) is 91.1 cm³/mol. The molecule has 132 valence electrons. The van der Waals surface area contributed by atoms with Crippen LogP contribution in [-0.4, -0.2) is 47.6 Å². The maximum atomic E-state index is 12.2. The summed E-state index contributed by atoms with van der Waals surface area (Å²) in [7, 11) is -3.47. The van der Waals surface area contributed by atoms with Gasteiger partial charge >= 0.3 is 0 Å². The molecule has 3 rings (SSSR count). The van der Waals surface area contributed by atoms with Crippen LogP contribution >= 0.6 is 11.6 Å². The quantitative estimate of drug-likeness (QED) is 0.779. The largest absolute Gasteiger partial charge is 0.345 e. The van der Waals surface area contributed by atoms with E-state index in [0.29, 0.717) is 16.4 Å². The number of sulfonamides is 1. The Kier molecular flexibility index (Phi) is 4.89. The summed E-state index contributed by atoms with van der Waals surface area (Å²) in [6, 6.07) is 6.17. The van der Waals surface area contributed by atoms with Gasteiger partial charge in [0, 0.05) is 12.1 Å². The van der Waals surface area contributed by atoms with Crippen molar-refractivity contribution in [2.24, 2.45) is 0 Å². The first-order chi connectivity index (χ1) is 11.9. The van der Waals surface area contributed by atoms with Gasteiger partial charge in [-0.25, -0.2) is 8.42 Å². The standard InChI is InChI=1S/C15H15ClN4O4S/c1-25(22,23)20-8-4-7-12(20)15(21)17-9-13-18-14(19-24-13)10-5-2-3-6-11(10)16/h2-7,12H,8-9H2,1H3,(H,17,21)/t12-/m1/s1. The molecule has 25 heavy (non-hydrogen) atoms. The molecule has 1 aromatic carbocycles. The number of hydrogen-bond acceptors (Lipinski definition) is 6. The molecule has 1 aliphatic heterocycles. The van der Waals surface area contributed by atoms with Gasteiger partial charge in [-0.1, -0.05) is 41.0 Å². The first-order valence-electron chi connectivity index (χ1n) is 7.35. The summed E-state index contributed by atoms with van der Waals surface area (Å²) < 4.78 is 29.5. The lowest BCUT2D eigenvalue weighted by molar-refractivity contribution is -0.123. The van der Waals surface area contributed by atoms with E-state index in [4.69, 9.17) is 16.1 Å². The van der Waals surface area contributed by atoms with Gasteiger partial charge in [-0.15, -0.1) is 0 Å². The summed E-state index contributed by atoms with van der Waals surface area (Å²) in [6.07, 6.45) is 4.24. The number of carbonyl (C=O) groups excluding carboxylic acids is 1. The molecule has 0 radical (unpaired) electrons. The van der Waals surface area contributed by atoms with E-state index in [1.165, 1.54) is 0 Å². The van der Waals surface area contributed by atoms with Crippen LogP contribution in [0.4, 0.5) is 0 Å². The molecule has 1 amide bonds. The van der Waals surface area contributed by atoms with Crippen LogP contribution in [0.2, 0.25) is 5.02 Å². The summed E-state index contributed by atoms with van der Waals surface area (Å²) >= 11 is 6.08. The summed E-state index contributed by atoms with van der Waals surface area (Å²) in [5.41, 5.74) is 0.618. The first kappa shape index (κ1) is 17.6. The number of hydrogen-bond donors (Lipinski definition) is 1. The van der Waals surface area contributed by atoms with Crippen LogP contribution in [0.25, 0.3) is 11.4 Å². The van der Waals surface area contributed by atoms with Crippen molar-refractivity contribution in [2.75, 3.05) is 12.8 Å². The molecule has 0 spiro atoms. The Bertz CT molecular complexity index is 925. The molecular formula is C15H15ClN4O4S. The van der Waals surface area contributed by atoms with Crippen molar-refractivity contribution in [3.8, 4) is 11.4 Å². The van der Waals surface area contributed by atoms with Gasteiger partial charge in [0.15, 0.2) is 0 Å². The Morgan fingerprint density at radius 3 is 2.92 bits per heavy atom. The Morgan fingerprint density at radius 2 is 2.20 bits per heavy atom. The zero-order valence-corrected chi connectivity index (χ0v) is 14.8. The fraction of sp³-hybridized carbons (Fsp3) is 0.267. The number of carbonyl (C=O) groups is 1. The minimum atomic E-state index is -3.47. The van der Waals surface area contributed by atoms with E-state index in [9.17, 15) is 13.2 Å². The van der Waals surface area contributed by atoms with Gasteiger partial charge in [0.05, 0.1) is 17.8 Å². The van der Waals surface area contributed by atoms with Gasteiger partial charge in [0.25, 0.3) is 0 Å². The van der Waals surface area contributed by atoms with Crippen LogP contribution in [0.5, 0.6) is 0 Å². The third-order valence-electron chi connectivity index (χ3n) is 3.61. The van der Waals surface area contributed by atoms with Gasteiger partial charge < -0.3 is 9.84 Å². The molecule has 2 heterocycles. The van der Waals surface area contributed by atoms with Crippen LogP contribution in [-0.2, 0) is 21.4 Å². The number of rotatable bonds is 5. The molecule has 0 aliphatic carbocycles. The SMILES string of the molecule is CS(=O)(=O)N1CC=C[C@@H]1C(=O)NCc1nc(-c2ccccc2Cl)no1. The minimum absolute atomic E-state index is 0.0156. The number of aromatic nitrogens is 2. The maximum absolute atomic E-state index is 12.2. The van der Waals surface area contributed by atoms with Crippen LogP contribution in [0, 0.1) is 0 Å². The van der Waals surface area contributed by atoms with Gasteiger partial charge in [-0.05, 0) is 12.1 Å². The molecule has 0 saturated heterocycles. The van der Waals surface area contributed by atoms with Crippen molar-refractivity contribution in [1.82, 2.24) is 19.8 Å². The van der Waals surface area contributed by atoms with Crippen molar-refractivity contribution in [3.63, 3.8) is 0 Å². The Balaban J connectivity index is 1.66. The highest BCUT2D eigenvalue weighted by Crippen LogP contribution is 2.24. The summed E-state index contributed by atoms with van der Waals surface area (Å²) in [6.45, 7) is 0.159. The van der Waals surface area contributed by atoms with Crippen molar-refractivity contribution < 1.29 is 17.7 Å². The Labute approximate surface area is 149 Å². The molecule has 0 bridgehead atoms. The van der Waals surface area contributed by atoms with Gasteiger partial charge in [0.2, 0.25) is 27.6 Å². The fourth-order valence-corrected chi connectivity index (χ4v) is 3.56. The zero-order valence-electron chi connectivity index (χ0n) is 13.2. The lowest BCUT2D eigenvalue weighted by Crippen LogP contribution is -2.45. The monoisotopic (exact) mass is 382 g/mol. The molecule has 1 aliphatic rings. The van der Waals surface area contributed by atoms with E-state index in [1.807, 2.05) is 0 Å². The smallest absolute Gasteiger partial charge is 0.246 e. The number of benzene rings is 1. The van der Waals surface area contributed by atoms with Crippen LogP contribution < -0.4 is 5.32 Å². The van der Waals surface area contributed by atoms with Crippen LogP contribution in [0.15, 0.2) is 40.9 Å². The second kappa shape index (κ2) is 6.95. The molecule has 1 aromatic heterocycles. The van der Waals surface area contributed by atoms with Crippen molar-refractivity contribution in [2.45, 2.75) is 12.6 Å². The Morgan fingerprint density at radius 1 is 1.44 bits per heavy atom. The highest BCUT2D eigenvalue weighted by molar-refractivity contribution is 7.88. The van der Waals surface area contributed by atoms with E-state index in [0.717, 1.165) is 10.6 Å². The van der Waals surface area contributed by atoms with Crippen molar-refractivity contribution in [3.05, 3.63) is 47.3 Å². The third-order valence-corrected chi connectivity index (χ3v) is 5.16. The normalized spacial score (nSPS) is 17.8. The van der Waals surface area contributed by atoms with Gasteiger partial charge in [0.1, 0.15) is 6.04 Å². The minimum Gasteiger partial charge on any atom is -0.345 e. The predicted octanol–water partition coefficient (Wildman–Crippen LogP) is 1.21. The molecular weight excluding hydrogens is 368 g/mol. The lowest BCUT2D eigenvalue weighted by atomic mass is 10.2. The van der Waals surface area contributed by atoms with E-state index in [1.54, 1.807) is 36.4 Å². The van der Waals surface area contributed by atoms with Gasteiger partial charge in [-0.3, -0.25) is 4.79 Å². The number of nitrogens with one attached hydrogen (secondary N) is 1. The molecule has 0 unspecified atom stereocenters. The highest BCUT2D eigenvalue weighted by Gasteiger charge is 2.32. The molecule has 0 saturated carbocycles. The molecule has 0 fully saturated rings. The molecule has 8 nitrogen and oxygen atoms in total. The summed E-state index contributed by atoms with van der Waals surface area (Å²) in [5.74, 6) is 0.0428. The Hall–Kier alpha value is -2.23. The molecule has 1 atom stereocenters. The second-order valence-electron chi connectivity index (χ2n) is 5.42. The molecule has 1 N–H and O–H groups in total. The number of nitrogens with zero attached hydrogens (tertiary/aromatic N) is 3. The lowest BCUT2D eigenvalue weighted by Gasteiger charge is -2.20. The second-order valence-corrected chi connectivity index (χ2v) is 7.76. The molecule has 2 aromatic rings. The van der Waals surface area contributed by atoms with E-state index >= 15 is 0 Å². The average molecular weight is 383 g/mol. The summed E-state index contributed by atoms with van der Waals surface area (Å²) in [5, 5.41) is 6.92. The topological polar surface area (TPSA) is 105 Å². The number of amides is 1. The molecule has 10 heteroatoms. The van der Waals surface area contributed by atoms with Crippen LogP contribution in [0.1, 0.15) is 5.89 Å². The zero-order chi connectivity index (χ0) is 18.0. The van der Waals surface area contributed by atoms with Crippen molar-refractivity contribution >= 4 is 27.5 Å². The van der Waals surface area contributed by atoms with E-state index in [-0.39, 0.29) is 19.0 Å². The van der Waals surface area contributed by atoms with E-state index < -0.39 is 22.0 Å². The average Bonchev–Trinajstić information content (AvgIpc) is 3.22. The van der Waals surface area contributed by atoms with Crippen molar-refractivity contribution in [1.29, 1.82) is 0 Å². The van der Waals surface area contributed by atoms with Gasteiger partial charge in [-0.2, -0.15) is 9.29 Å². The number of halogens is 1. The van der Waals surface area contributed by atoms with E-state index in [2.05, 4.69) is 15.5 Å². The maximum Gasteiger partial charge on any atom is 0.246 e. The third kappa shape index (κ3) is 3.89. The van der Waals surface area contributed by atoms with Crippen LogP contribution in [0.3, 0.4) is 0 Å².